The van der Waals surface area contributed by atoms with Crippen LogP contribution in [0, 0.1) is 5.41 Å². The van der Waals surface area contributed by atoms with Crippen molar-refractivity contribution in [2.75, 3.05) is 18.4 Å². The van der Waals surface area contributed by atoms with E-state index in [4.69, 9.17) is 44.3 Å². The summed E-state index contributed by atoms with van der Waals surface area (Å²) in [6.07, 6.45) is 0. The quantitative estimate of drug-likeness (QED) is 0.103. The average Bonchev–Trinajstić information content (AvgIpc) is 2.87. The highest BCUT2D eigenvalue weighted by atomic mass is 35.5. The minimum absolute atomic E-state index is 0.0838. The summed E-state index contributed by atoms with van der Waals surface area (Å²) in [5.41, 5.74) is 11.6. The van der Waals surface area contributed by atoms with Crippen molar-refractivity contribution in [2.45, 2.75) is 0 Å². The molecule has 1 aliphatic heterocycles. The highest BCUT2D eigenvalue weighted by Crippen LogP contribution is 2.31. The molecule has 3 aromatic rings. The molecule has 36 heavy (non-hydrogen) atoms. The van der Waals surface area contributed by atoms with Gasteiger partial charge < -0.3 is 20.9 Å². The summed E-state index contributed by atoms with van der Waals surface area (Å²) in [5, 5.41) is 15.7. The Kier molecular flexibility index (Phi) is 6.75. The first-order valence-electron chi connectivity index (χ1n) is 11.3. The standard InChI is InChI=1S/C27H23Cl2N7/c28-17-5-9-19(10-6-17)34-23-15-24-26(16-22(23)32-13-14-33-27(30)31)36(20-11-7-18(29)8-12-20)25-4-2-1-3-21(25)35-24/h1-12,15-16,34H,13-14H2,(H4,30,31,33)/b32-22-. The molecule has 5 rings (SSSR count). The van der Waals surface area contributed by atoms with E-state index >= 15 is 0 Å². The van der Waals surface area contributed by atoms with Gasteiger partial charge >= 0.3 is 0 Å². The van der Waals surface area contributed by atoms with E-state index in [2.05, 4.69) is 15.2 Å². The summed E-state index contributed by atoms with van der Waals surface area (Å²) >= 11 is 12.3. The fraction of sp³-hybridized carbons (Fsp3) is 0.0741. The van der Waals surface area contributed by atoms with Crippen molar-refractivity contribution in [3.8, 4) is 17.1 Å². The van der Waals surface area contributed by atoms with Gasteiger partial charge in [-0.15, -0.1) is 0 Å². The second-order valence-corrected chi connectivity index (χ2v) is 9.00. The lowest BCUT2D eigenvalue weighted by molar-refractivity contribution is 0.848. The Morgan fingerprint density at radius 1 is 0.944 bits per heavy atom. The molecular formula is C27H23Cl2N7. The van der Waals surface area contributed by atoms with Crippen molar-refractivity contribution in [1.82, 2.24) is 14.9 Å². The monoisotopic (exact) mass is 515 g/mol. The average molecular weight is 516 g/mol. The van der Waals surface area contributed by atoms with Gasteiger partial charge in [0.05, 0.1) is 40.0 Å². The van der Waals surface area contributed by atoms with Crippen LogP contribution in [0.3, 0.4) is 0 Å². The molecule has 0 bridgehead atoms. The predicted molar refractivity (Wildman–Crippen MR) is 148 cm³/mol. The molecule has 0 saturated heterocycles. The largest absolute Gasteiger partial charge is 0.370 e. The van der Waals surface area contributed by atoms with Gasteiger partial charge in [-0.1, -0.05) is 35.3 Å². The maximum Gasteiger partial charge on any atom is 0.185 e. The van der Waals surface area contributed by atoms with Crippen LogP contribution in [0.5, 0.6) is 0 Å². The molecule has 9 heteroatoms. The van der Waals surface area contributed by atoms with Crippen LogP contribution in [0.4, 0.5) is 11.4 Å². The Balaban J connectivity index is 1.73. The van der Waals surface area contributed by atoms with Gasteiger partial charge in [-0.2, -0.15) is 0 Å². The number of hydrogen-bond donors (Lipinski definition) is 4. The number of anilines is 2. The fourth-order valence-corrected chi connectivity index (χ4v) is 4.25. The van der Waals surface area contributed by atoms with Crippen LogP contribution in [0.15, 0.2) is 89.9 Å². The first kappa shape index (κ1) is 23.7. The van der Waals surface area contributed by atoms with Crippen molar-refractivity contribution in [3.05, 3.63) is 100 Å². The second kappa shape index (κ2) is 10.3. The number of nitrogens with zero attached hydrogens (tertiary/aromatic N) is 3. The Morgan fingerprint density at radius 3 is 2.36 bits per heavy atom. The minimum Gasteiger partial charge on any atom is -0.370 e. The summed E-state index contributed by atoms with van der Waals surface area (Å²) in [4.78, 5) is 9.76. The molecule has 0 amide bonds. The molecule has 0 atom stereocenters. The smallest absolute Gasteiger partial charge is 0.185 e. The lowest BCUT2D eigenvalue weighted by atomic mass is 10.1. The summed E-state index contributed by atoms with van der Waals surface area (Å²) in [6, 6.07) is 27.3. The van der Waals surface area contributed by atoms with Crippen molar-refractivity contribution in [2.24, 2.45) is 10.7 Å². The Bertz CT molecular complexity index is 1580. The molecule has 0 radical (unpaired) electrons. The van der Waals surface area contributed by atoms with Crippen molar-refractivity contribution in [3.63, 3.8) is 0 Å². The Morgan fingerprint density at radius 2 is 1.64 bits per heavy atom. The van der Waals surface area contributed by atoms with Gasteiger partial charge in [0.1, 0.15) is 0 Å². The van der Waals surface area contributed by atoms with Crippen LogP contribution in [-0.4, -0.2) is 28.6 Å². The molecule has 0 spiro atoms. The number of nitrogens with one attached hydrogen (secondary N) is 3. The SMILES string of the molecule is N=C(N)NCC/N=c1/cc2n(-c3ccc(Cl)cc3)c3ccccc3nc-2cc1Nc1ccc(Cl)cc1. The zero-order chi connectivity index (χ0) is 25.1. The first-order chi connectivity index (χ1) is 17.5. The zero-order valence-electron chi connectivity index (χ0n) is 19.2. The van der Waals surface area contributed by atoms with Gasteiger partial charge in [0.2, 0.25) is 0 Å². The number of rotatable bonds is 6. The molecule has 1 aliphatic carbocycles. The summed E-state index contributed by atoms with van der Waals surface area (Å²) in [5.74, 6) is -0.0838. The van der Waals surface area contributed by atoms with E-state index in [9.17, 15) is 0 Å². The fourth-order valence-electron chi connectivity index (χ4n) is 4.00. The number of aromatic nitrogens is 2. The molecule has 180 valence electrons. The summed E-state index contributed by atoms with van der Waals surface area (Å²) in [6.45, 7) is 0.878. The maximum absolute atomic E-state index is 7.39. The highest BCUT2D eigenvalue weighted by Gasteiger charge is 2.16. The topological polar surface area (TPSA) is 104 Å². The molecule has 0 saturated carbocycles. The van der Waals surface area contributed by atoms with Gasteiger partial charge in [0.15, 0.2) is 5.96 Å². The normalized spacial score (nSPS) is 11.7. The van der Waals surface area contributed by atoms with Gasteiger partial charge in [-0.3, -0.25) is 10.4 Å². The minimum atomic E-state index is -0.0838. The zero-order valence-corrected chi connectivity index (χ0v) is 20.7. The van der Waals surface area contributed by atoms with E-state index in [0.717, 1.165) is 44.8 Å². The number of para-hydroxylation sites is 2. The van der Waals surface area contributed by atoms with Crippen molar-refractivity contribution >= 4 is 51.6 Å². The van der Waals surface area contributed by atoms with Gasteiger partial charge in [0, 0.05) is 28.0 Å². The Labute approximate surface area is 218 Å². The highest BCUT2D eigenvalue weighted by molar-refractivity contribution is 6.30. The van der Waals surface area contributed by atoms with E-state index < -0.39 is 0 Å². The van der Waals surface area contributed by atoms with Crippen LogP contribution < -0.4 is 21.7 Å². The van der Waals surface area contributed by atoms with Crippen molar-refractivity contribution in [1.29, 1.82) is 5.41 Å². The number of guanidine groups is 1. The Hall–Kier alpha value is -4.07. The van der Waals surface area contributed by atoms with Gasteiger partial charge in [-0.25, -0.2) is 4.98 Å². The lowest BCUT2D eigenvalue weighted by Gasteiger charge is -2.20. The van der Waals surface area contributed by atoms with E-state index in [1.807, 2.05) is 84.9 Å². The van der Waals surface area contributed by atoms with E-state index in [1.54, 1.807) is 0 Å². The van der Waals surface area contributed by atoms with E-state index in [-0.39, 0.29) is 5.96 Å². The first-order valence-corrected chi connectivity index (χ1v) is 12.1. The van der Waals surface area contributed by atoms with Crippen molar-refractivity contribution < 1.29 is 0 Å². The molecule has 0 aromatic heterocycles. The molecular weight excluding hydrogens is 493 g/mol. The van der Waals surface area contributed by atoms with Crippen LogP contribution in [-0.2, 0) is 0 Å². The number of hydrogen-bond acceptors (Lipinski definition) is 4. The van der Waals surface area contributed by atoms with Crippen LogP contribution >= 0.6 is 23.2 Å². The van der Waals surface area contributed by atoms with Gasteiger partial charge in [0.25, 0.3) is 0 Å². The van der Waals surface area contributed by atoms with E-state index in [1.165, 1.54) is 0 Å². The third kappa shape index (κ3) is 5.12. The van der Waals surface area contributed by atoms with Crippen LogP contribution in [0.1, 0.15) is 0 Å². The summed E-state index contributed by atoms with van der Waals surface area (Å²) < 4.78 is 2.16. The molecule has 3 aromatic carbocycles. The lowest BCUT2D eigenvalue weighted by Crippen LogP contribution is -2.32. The van der Waals surface area contributed by atoms with E-state index in [0.29, 0.717) is 23.1 Å². The number of benzene rings is 4. The molecule has 1 heterocycles. The molecule has 7 nitrogen and oxygen atoms in total. The van der Waals surface area contributed by atoms with Crippen LogP contribution in [0.25, 0.3) is 28.1 Å². The number of nitrogens with two attached hydrogens (primary N) is 1. The third-order valence-corrected chi connectivity index (χ3v) is 6.12. The second-order valence-electron chi connectivity index (χ2n) is 8.12. The molecule has 0 unspecified atom stereocenters. The molecule has 5 N–H and O–H groups in total. The molecule has 0 fully saturated rings. The third-order valence-electron chi connectivity index (χ3n) is 5.61. The number of fused-ring (bicyclic) bond motifs is 2. The predicted octanol–water partition coefficient (Wildman–Crippen LogP) is 5.56. The number of halogens is 2. The summed E-state index contributed by atoms with van der Waals surface area (Å²) in [7, 11) is 0. The van der Waals surface area contributed by atoms with Crippen LogP contribution in [0.2, 0.25) is 10.0 Å². The molecule has 2 aliphatic rings. The van der Waals surface area contributed by atoms with Gasteiger partial charge in [-0.05, 0) is 72.8 Å². The maximum atomic E-state index is 7.39.